The summed E-state index contributed by atoms with van der Waals surface area (Å²) >= 11 is 0. The molecule has 0 saturated carbocycles. The van der Waals surface area contributed by atoms with Crippen molar-refractivity contribution in [1.29, 1.82) is 0 Å². The van der Waals surface area contributed by atoms with E-state index in [-0.39, 0.29) is 16.7 Å². The normalized spacial score (nSPS) is 22.8. The van der Waals surface area contributed by atoms with Crippen LogP contribution >= 0.6 is 0 Å². The van der Waals surface area contributed by atoms with Crippen molar-refractivity contribution in [1.82, 2.24) is 14.1 Å². The lowest BCUT2D eigenvalue weighted by Gasteiger charge is -2.43. The van der Waals surface area contributed by atoms with E-state index in [4.69, 9.17) is 4.74 Å². The summed E-state index contributed by atoms with van der Waals surface area (Å²) < 4.78 is 35.5. The zero-order chi connectivity index (χ0) is 21.9. The number of carbonyl (C=O) groups is 1. The highest BCUT2D eigenvalue weighted by molar-refractivity contribution is 7.89. The third kappa shape index (κ3) is 4.94. The second kappa shape index (κ2) is 9.44. The van der Waals surface area contributed by atoms with Crippen LogP contribution in [0.5, 0.6) is 0 Å². The number of piperidine rings is 1. The monoisotopic (exact) mass is 437 g/mol. The second-order valence-electron chi connectivity index (χ2n) is 8.89. The summed E-state index contributed by atoms with van der Waals surface area (Å²) in [5.74, 6) is -0.0750. The first kappa shape index (κ1) is 23.3. The Morgan fingerprint density at radius 3 is 2.37 bits per heavy atom. The Kier molecular flexibility index (Phi) is 7.35. The lowest BCUT2D eigenvalue weighted by Crippen LogP contribution is -2.56. The Labute approximate surface area is 181 Å². The molecule has 1 aromatic rings. The third-order valence-electron chi connectivity index (χ3n) is 6.26. The molecule has 0 N–H and O–H groups in total. The molecule has 8 heteroatoms. The summed E-state index contributed by atoms with van der Waals surface area (Å²) in [7, 11) is 2.41. The van der Waals surface area contributed by atoms with E-state index in [0.717, 1.165) is 38.9 Å². The summed E-state index contributed by atoms with van der Waals surface area (Å²) in [6.07, 6.45) is 4.11. The topological polar surface area (TPSA) is 70.2 Å². The van der Waals surface area contributed by atoms with Crippen molar-refractivity contribution in [2.45, 2.75) is 55.7 Å². The smallest absolute Gasteiger partial charge is 0.245 e. The van der Waals surface area contributed by atoms with Crippen LogP contribution in [-0.4, -0.2) is 87.5 Å². The first-order chi connectivity index (χ1) is 14.2. The van der Waals surface area contributed by atoms with E-state index in [9.17, 15) is 13.2 Å². The lowest BCUT2D eigenvalue weighted by atomic mass is 10.00. The molecule has 2 aliphatic rings. The van der Waals surface area contributed by atoms with Crippen molar-refractivity contribution in [3.8, 4) is 0 Å². The number of hydrogen-bond donors (Lipinski definition) is 0. The Bertz CT molecular complexity index is 830. The van der Waals surface area contributed by atoms with Crippen molar-refractivity contribution in [2.24, 2.45) is 0 Å². The summed E-state index contributed by atoms with van der Waals surface area (Å²) in [4.78, 5) is 16.2. The van der Waals surface area contributed by atoms with Gasteiger partial charge in [0.25, 0.3) is 0 Å². The van der Waals surface area contributed by atoms with Gasteiger partial charge >= 0.3 is 0 Å². The number of nitrogens with zero attached hydrogens (tertiary/aromatic N) is 3. The standard InChI is InChI=1S/C22H35N3O4S/c1-18(26)19-8-10-21(11-9-19)30(27,28)25-20(7-5-6-14-23(2)3)17-29-22(25)12-15-24(4)16-13-22/h8-11,20H,5-7,12-17H2,1-4H3. The number of Topliss-reactive ketones (excluding diaryl/α,β-unsaturated/α-hetero) is 1. The van der Waals surface area contributed by atoms with Gasteiger partial charge in [0, 0.05) is 31.5 Å². The molecule has 7 nitrogen and oxygen atoms in total. The highest BCUT2D eigenvalue weighted by Crippen LogP contribution is 2.42. The molecular formula is C22H35N3O4S. The molecule has 1 spiro atoms. The van der Waals surface area contributed by atoms with E-state index in [1.807, 2.05) is 14.1 Å². The maximum Gasteiger partial charge on any atom is 0.245 e. The fourth-order valence-electron chi connectivity index (χ4n) is 4.45. The van der Waals surface area contributed by atoms with Crippen LogP contribution in [-0.2, 0) is 14.8 Å². The van der Waals surface area contributed by atoms with Crippen molar-refractivity contribution >= 4 is 15.8 Å². The second-order valence-corrected chi connectivity index (χ2v) is 10.7. The first-order valence-electron chi connectivity index (χ1n) is 10.8. The van der Waals surface area contributed by atoms with E-state index >= 15 is 0 Å². The Morgan fingerprint density at radius 2 is 1.80 bits per heavy atom. The maximum atomic E-state index is 13.8. The minimum absolute atomic E-state index is 0.0750. The molecule has 0 aromatic heterocycles. The molecular weight excluding hydrogens is 402 g/mol. The van der Waals surface area contributed by atoms with E-state index in [2.05, 4.69) is 16.8 Å². The number of carbonyl (C=O) groups excluding carboxylic acids is 1. The number of ether oxygens (including phenoxy) is 1. The van der Waals surface area contributed by atoms with Crippen LogP contribution < -0.4 is 0 Å². The average Bonchev–Trinajstić information content (AvgIpc) is 3.06. The van der Waals surface area contributed by atoms with Crippen LogP contribution in [0.3, 0.4) is 0 Å². The van der Waals surface area contributed by atoms with E-state index in [1.54, 1.807) is 28.6 Å². The van der Waals surface area contributed by atoms with Crippen LogP contribution in [0.1, 0.15) is 49.4 Å². The summed E-state index contributed by atoms with van der Waals surface area (Å²) in [6, 6.07) is 6.14. The highest BCUT2D eigenvalue weighted by atomic mass is 32.2. The average molecular weight is 438 g/mol. The molecule has 0 bridgehead atoms. The number of likely N-dealkylation sites (tertiary alicyclic amines) is 1. The molecule has 30 heavy (non-hydrogen) atoms. The van der Waals surface area contributed by atoms with E-state index < -0.39 is 15.7 Å². The summed E-state index contributed by atoms with van der Waals surface area (Å²) in [5, 5.41) is 0. The third-order valence-corrected chi connectivity index (χ3v) is 8.27. The van der Waals surface area contributed by atoms with Gasteiger partial charge in [-0.2, -0.15) is 4.31 Å². The molecule has 3 rings (SSSR count). The SMILES string of the molecule is CC(=O)c1ccc(S(=O)(=O)N2C(CCCCN(C)C)COC23CCN(C)CC3)cc1. The van der Waals surface area contributed by atoms with Gasteiger partial charge in [-0.3, -0.25) is 4.79 Å². The molecule has 2 aliphatic heterocycles. The lowest BCUT2D eigenvalue weighted by molar-refractivity contribution is -0.0884. The predicted octanol–water partition coefficient (Wildman–Crippen LogP) is 2.43. The van der Waals surface area contributed by atoms with Gasteiger partial charge in [-0.05, 0) is 59.6 Å². The molecule has 1 atom stereocenters. The van der Waals surface area contributed by atoms with Gasteiger partial charge in [0.2, 0.25) is 10.0 Å². The molecule has 0 radical (unpaired) electrons. The molecule has 1 unspecified atom stereocenters. The van der Waals surface area contributed by atoms with Crippen LogP contribution in [0.25, 0.3) is 0 Å². The Morgan fingerprint density at radius 1 is 1.17 bits per heavy atom. The zero-order valence-corrected chi connectivity index (χ0v) is 19.5. The van der Waals surface area contributed by atoms with Crippen molar-refractivity contribution in [3.63, 3.8) is 0 Å². The van der Waals surface area contributed by atoms with Gasteiger partial charge in [0.1, 0.15) is 5.72 Å². The van der Waals surface area contributed by atoms with Crippen LogP contribution in [0.4, 0.5) is 0 Å². The van der Waals surface area contributed by atoms with Gasteiger partial charge in [-0.15, -0.1) is 0 Å². The zero-order valence-electron chi connectivity index (χ0n) is 18.6. The highest BCUT2D eigenvalue weighted by Gasteiger charge is 2.54. The Balaban J connectivity index is 1.87. The number of rotatable bonds is 8. The van der Waals surface area contributed by atoms with Gasteiger partial charge in [0.05, 0.1) is 17.5 Å². The summed E-state index contributed by atoms with van der Waals surface area (Å²) in [5.41, 5.74) is -0.252. The number of benzene rings is 1. The van der Waals surface area contributed by atoms with Gasteiger partial charge in [-0.25, -0.2) is 8.42 Å². The molecule has 2 fully saturated rings. The number of unbranched alkanes of at least 4 members (excludes halogenated alkanes) is 1. The fourth-order valence-corrected chi connectivity index (χ4v) is 6.39. The minimum Gasteiger partial charge on any atom is -0.358 e. The van der Waals surface area contributed by atoms with Crippen molar-refractivity contribution < 1.29 is 17.9 Å². The quantitative estimate of drug-likeness (QED) is 0.460. The summed E-state index contributed by atoms with van der Waals surface area (Å²) in [6.45, 7) is 4.53. The minimum atomic E-state index is -3.74. The number of ketones is 1. The molecule has 2 saturated heterocycles. The molecule has 1 aromatic carbocycles. The predicted molar refractivity (Wildman–Crippen MR) is 117 cm³/mol. The molecule has 0 aliphatic carbocycles. The number of hydrogen-bond acceptors (Lipinski definition) is 6. The first-order valence-corrected chi connectivity index (χ1v) is 12.2. The van der Waals surface area contributed by atoms with Gasteiger partial charge in [-0.1, -0.05) is 18.6 Å². The fraction of sp³-hybridized carbons (Fsp3) is 0.682. The van der Waals surface area contributed by atoms with E-state index in [1.165, 1.54) is 6.92 Å². The number of sulfonamides is 1. The van der Waals surface area contributed by atoms with Crippen LogP contribution in [0.15, 0.2) is 29.2 Å². The molecule has 2 heterocycles. The Hall–Kier alpha value is -1.32. The van der Waals surface area contributed by atoms with E-state index in [0.29, 0.717) is 25.0 Å². The van der Waals surface area contributed by atoms with Crippen LogP contribution in [0, 0.1) is 0 Å². The maximum absolute atomic E-state index is 13.8. The van der Waals surface area contributed by atoms with Crippen molar-refractivity contribution in [3.05, 3.63) is 29.8 Å². The molecule has 0 amide bonds. The van der Waals surface area contributed by atoms with Crippen LogP contribution in [0.2, 0.25) is 0 Å². The molecule has 168 valence electrons. The van der Waals surface area contributed by atoms with Gasteiger partial charge in [0.15, 0.2) is 5.78 Å². The van der Waals surface area contributed by atoms with Gasteiger partial charge < -0.3 is 14.5 Å². The largest absolute Gasteiger partial charge is 0.358 e. The van der Waals surface area contributed by atoms with Crippen molar-refractivity contribution in [2.75, 3.05) is 47.4 Å².